The van der Waals surface area contributed by atoms with E-state index >= 15 is 0 Å². The molecule has 3 aliphatic rings. The number of anilines is 1. The van der Waals surface area contributed by atoms with Crippen molar-refractivity contribution >= 4 is 17.5 Å². The Kier molecular flexibility index (Phi) is 3.15. The second-order valence-corrected chi connectivity index (χ2v) is 7.70. The second kappa shape index (κ2) is 4.92. The molecule has 1 aliphatic heterocycles. The van der Waals surface area contributed by atoms with Gasteiger partial charge in [0.25, 0.3) is 0 Å². The van der Waals surface area contributed by atoms with Crippen molar-refractivity contribution in [3.8, 4) is 0 Å². The molecule has 124 valence electrons. The van der Waals surface area contributed by atoms with Gasteiger partial charge in [-0.15, -0.1) is 0 Å². The van der Waals surface area contributed by atoms with Gasteiger partial charge in [-0.2, -0.15) is 0 Å². The summed E-state index contributed by atoms with van der Waals surface area (Å²) in [6.07, 6.45) is 4.27. The number of nitrogens with zero attached hydrogens (tertiary/aromatic N) is 1. The third-order valence-corrected chi connectivity index (χ3v) is 5.85. The smallest absolute Gasteiger partial charge is 0.238 e. The number of carbonyl (C=O) groups is 2. The van der Waals surface area contributed by atoms with Crippen molar-refractivity contribution in [3.05, 3.63) is 52.1 Å². The first-order valence-electron chi connectivity index (χ1n) is 8.64. The highest BCUT2D eigenvalue weighted by atomic mass is 16.2. The number of allylic oxidation sites excluding steroid dienone is 4. The molecule has 0 aromatic heterocycles. The number of aryl methyl sites for hydroxylation is 3. The van der Waals surface area contributed by atoms with Crippen molar-refractivity contribution in [2.75, 3.05) is 4.90 Å². The van der Waals surface area contributed by atoms with Crippen molar-refractivity contribution in [1.82, 2.24) is 0 Å². The van der Waals surface area contributed by atoms with E-state index in [9.17, 15) is 9.59 Å². The van der Waals surface area contributed by atoms with Gasteiger partial charge in [-0.1, -0.05) is 41.0 Å². The van der Waals surface area contributed by atoms with Crippen LogP contribution in [0.3, 0.4) is 0 Å². The summed E-state index contributed by atoms with van der Waals surface area (Å²) in [6, 6.07) is 4.09. The molecule has 1 saturated heterocycles. The van der Waals surface area contributed by atoms with Crippen molar-refractivity contribution < 1.29 is 9.59 Å². The standard InChI is InChI=1S/C21H23NO2/c1-10(2)16-14-6-7-15(16)18-17(14)20(23)22(21(18)24)19-12(4)8-11(3)9-13(19)5/h6-9,14-15,17-18H,1-5H3. The van der Waals surface area contributed by atoms with Gasteiger partial charge in [0, 0.05) is 11.8 Å². The zero-order valence-electron chi connectivity index (χ0n) is 14.9. The molecular weight excluding hydrogens is 298 g/mol. The van der Waals surface area contributed by atoms with Crippen LogP contribution in [-0.2, 0) is 9.59 Å². The van der Waals surface area contributed by atoms with E-state index in [1.807, 2.05) is 32.9 Å². The molecule has 0 spiro atoms. The summed E-state index contributed by atoms with van der Waals surface area (Å²) >= 11 is 0. The SMILES string of the molecule is CC(C)=C1C2C=CC1C1C(=O)N(c3c(C)cc(C)cc3C)C(=O)C21. The number of benzene rings is 1. The first-order valence-corrected chi connectivity index (χ1v) is 8.64. The predicted molar refractivity (Wildman–Crippen MR) is 94.6 cm³/mol. The van der Waals surface area contributed by atoms with Crippen LogP contribution in [0.1, 0.15) is 30.5 Å². The van der Waals surface area contributed by atoms with E-state index < -0.39 is 0 Å². The van der Waals surface area contributed by atoms with Crippen LogP contribution in [0.25, 0.3) is 0 Å². The maximum Gasteiger partial charge on any atom is 0.238 e. The Hall–Kier alpha value is -2.16. The molecule has 4 rings (SSSR count). The number of hydrogen-bond donors (Lipinski definition) is 0. The molecule has 4 unspecified atom stereocenters. The van der Waals surface area contributed by atoms with Gasteiger partial charge in [0.1, 0.15) is 0 Å². The van der Waals surface area contributed by atoms with E-state index in [4.69, 9.17) is 0 Å². The Bertz CT molecular complexity index is 784. The molecule has 3 nitrogen and oxygen atoms in total. The van der Waals surface area contributed by atoms with Gasteiger partial charge in [0.05, 0.1) is 17.5 Å². The molecule has 1 aromatic rings. The van der Waals surface area contributed by atoms with E-state index in [-0.39, 0.29) is 35.5 Å². The fraction of sp³-hybridized carbons (Fsp3) is 0.429. The Morgan fingerprint density at radius 2 is 1.33 bits per heavy atom. The molecule has 0 radical (unpaired) electrons. The van der Waals surface area contributed by atoms with Crippen molar-refractivity contribution in [1.29, 1.82) is 0 Å². The summed E-state index contributed by atoms with van der Waals surface area (Å²) < 4.78 is 0. The number of fused-ring (bicyclic) bond motifs is 5. The molecule has 4 atom stereocenters. The van der Waals surface area contributed by atoms with Crippen LogP contribution in [0, 0.1) is 44.4 Å². The minimum absolute atomic E-state index is 0.0179. The third-order valence-electron chi connectivity index (χ3n) is 5.85. The minimum atomic E-state index is -0.211. The number of hydrogen-bond acceptors (Lipinski definition) is 2. The van der Waals surface area contributed by atoms with Gasteiger partial charge in [0.15, 0.2) is 0 Å². The highest BCUT2D eigenvalue weighted by molar-refractivity contribution is 6.24. The summed E-state index contributed by atoms with van der Waals surface area (Å²) in [6.45, 7) is 10.2. The average Bonchev–Trinajstić information content (AvgIpc) is 3.11. The lowest BCUT2D eigenvalue weighted by molar-refractivity contribution is -0.123. The van der Waals surface area contributed by atoms with Crippen molar-refractivity contribution in [2.45, 2.75) is 34.6 Å². The van der Waals surface area contributed by atoms with Gasteiger partial charge in [-0.25, -0.2) is 4.90 Å². The topological polar surface area (TPSA) is 37.4 Å². The van der Waals surface area contributed by atoms with Crippen LogP contribution in [0.5, 0.6) is 0 Å². The van der Waals surface area contributed by atoms with Crippen molar-refractivity contribution in [2.24, 2.45) is 23.7 Å². The molecule has 2 fully saturated rings. The summed E-state index contributed by atoms with van der Waals surface area (Å²) in [5.74, 6) is -0.240. The van der Waals surface area contributed by atoms with Crippen LogP contribution in [0.2, 0.25) is 0 Å². The lowest BCUT2D eigenvalue weighted by Gasteiger charge is -2.23. The van der Waals surface area contributed by atoms with Crippen LogP contribution in [-0.4, -0.2) is 11.8 Å². The predicted octanol–water partition coefficient (Wildman–Crippen LogP) is 3.87. The number of rotatable bonds is 1. The van der Waals surface area contributed by atoms with Crippen LogP contribution >= 0.6 is 0 Å². The Morgan fingerprint density at radius 1 is 0.875 bits per heavy atom. The molecule has 2 bridgehead atoms. The monoisotopic (exact) mass is 321 g/mol. The fourth-order valence-electron chi connectivity index (χ4n) is 5.18. The van der Waals surface area contributed by atoms with E-state index in [1.54, 1.807) is 0 Å². The molecule has 2 amide bonds. The van der Waals surface area contributed by atoms with E-state index in [2.05, 4.69) is 26.0 Å². The quantitative estimate of drug-likeness (QED) is 0.581. The van der Waals surface area contributed by atoms with E-state index in [1.165, 1.54) is 16.0 Å². The molecule has 0 N–H and O–H groups in total. The molecule has 1 heterocycles. The van der Waals surface area contributed by atoms with Gasteiger partial charge in [-0.3, -0.25) is 9.59 Å². The van der Waals surface area contributed by atoms with Crippen LogP contribution < -0.4 is 4.90 Å². The highest BCUT2D eigenvalue weighted by Crippen LogP contribution is 2.57. The number of carbonyl (C=O) groups excluding carboxylic acids is 2. The summed E-state index contributed by atoms with van der Waals surface area (Å²) in [4.78, 5) is 27.9. The Labute approximate surface area is 143 Å². The summed E-state index contributed by atoms with van der Waals surface area (Å²) in [5, 5.41) is 0. The summed E-state index contributed by atoms with van der Waals surface area (Å²) in [5.41, 5.74) is 6.49. The second-order valence-electron chi connectivity index (χ2n) is 7.70. The van der Waals surface area contributed by atoms with Gasteiger partial charge >= 0.3 is 0 Å². The molecule has 2 aliphatic carbocycles. The van der Waals surface area contributed by atoms with Gasteiger partial charge in [-0.05, 0) is 45.7 Å². The molecule has 3 heteroatoms. The first kappa shape index (κ1) is 15.4. The van der Waals surface area contributed by atoms with Crippen LogP contribution in [0.4, 0.5) is 5.69 Å². The Morgan fingerprint density at radius 3 is 1.75 bits per heavy atom. The number of imide groups is 1. The lowest BCUT2D eigenvalue weighted by atomic mass is 9.85. The lowest BCUT2D eigenvalue weighted by Crippen LogP contribution is -2.34. The highest BCUT2D eigenvalue weighted by Gasteiger charge is 2.62. The zero-order chi connectivity index (χ0) is 17.3. The Balaban J connectivity index is 1.82. The maximum absolute atomic E-state index is 13.2. The molecular formula is C21H23NO2. The largest absolute Gasteiger partial charge is 0.274 e. The van der Waals surface area contributed by atoms with Gasteiger partial charge in [0.2, 0.25) is 11.8 Å². The maximum atomic E-state index is 13.2. The molecule has 1 saturated carbocycles. The fourth-order valence-corrected chi connectivity index (χ4v) is 5.18. The first-order chi connectivity index (χ1) is 11.3. The number of amides is 2. The van der Waals surface area contributed by atoms with Crippen LogP contribution in [0.15, 0.2) is 35.4 Å². The average molecular weight is 321 g/mol. The van der Waals surface area contributed by atoms with E-state index in [0.29, 0.717) is 0 Å². The normalized spacial score (nSPS) is 30.5. The van der Waals surface area contributed by atoms with Gasteiger partial charge < -0.3 is 0 Å². The zero-order valence-corrected chi connectivity index (χ0v) is 14.9. The summed E-state index contributed by atoms with van der Waals surface area (Å²) in [7, 11) is 0. The molecule has 1 aromatic carbocycles. The minimum Gasteiger partial charge on any atom is -0.274 e. The molecule has 24 heavy (non-hydrogen) atoms. The van der Waals surface area contributed by atoms with Crippen molar-refractivity contribution in [3.63, 3.8) is 0 Å². The van der Waals surface area contributed by atoms with E-state index in [0.717, 1.165) is 22.4 Å². The third kappa shape index (κ3) is 1.78.